The van der Waals surface area contributed by atoms with Crippen LogP contribution in [-0.2, 0) is 10.0 Å². The predicted molar refractivity (Wildman–Crippen MR) is 97.4 cm³/mol. The molecule has 2 aromatic rings. The van der Waals surface area contributed by atoms with Gasteiger partial charge in [-0.1, -0.05) is 29.0 Å². The Kier molecular flexibility index (Phi) is 6.59. The second-order valence-corrected chi connectivity index (χ2v) is 8.67. The minimum atomic E-state index is -3.72. The van der Waals surface area contributed by atoms with Gasteiger partial charge in [0.15, 0.2) is 0 Å². The Balaban J connectivity index is 1.96. The first-order valence-electron chi connectivity index (χ1n) is 7.64. The number of benzene rings is 1. The van der Waals surface area contributed by atoms with Crippen molar-refractivity contribution in [3.05, 3.63) is 35.4 Å². The van der Waals surface area contributed by atoms with E-state index in [1.807, 2.05) is 38.1 Å². The number of rotatable bonds is 8. The largest absolute Gasteiger partial charge is 0.309 e. The van der Waals surface area contributed by atoms with Gasteiger partial charge in [-0.05, 0) is 46.1 Å². The van der Waals surface area contributed by atoms with E-state index in [2.05, 4.69) is 20.2 Å². The first kappa shape index (κ1) is 19.4. The van der Waals surface area contributed by atoms with E-state index >= 15 is 0 Å². The Hall–Kier alpha value is -1.88. The van der Waals surface area contributed by atoms with E-state index < -0.39 is 10.0 Å². The van der Waals surface area contributed by atoms with Crippen LogP contribution in [0.4, 0.5) is 5.13 Å². The Labute approximate surface area is 151 Å². The van der Waals surface area contributed by atoms with E-state index in [1.54, 1.807) is 12.1 Å². The fourth-order valence-corrected chi connectivity index (χ4v) is 3.92. The van der Waals surface area contributed by atoms with E-state index in [0.717, 1.165) is 23.4 Å². The fourth-order valence-electron chi connectivity index (χ4n) is 1.91. The number of amides is 1. The molecule has 0 atom stereocenters. The van der Waals surface area contributed by atoms with Crippen LogP contribution < -0.4 is 10.0 Å². The lowest BCUT2D eigenvalue weighted by Gasteiger charge is -2.09. The van der Waals surface area contributed by atoms with Crippen molar-refractivity contribution >= 4 is 32.4 Å². The summed E-state index contributed by atoms with van der Waals surface area (Å²) in [6.45, 7) is 3.01. The van der Waals surface area contributed by atoms with Crippen LogP contribution in [-0.4, -0.2) is 56.6 Å². The lowest BCUT2D eigenvalue weighted by molar-refractivity contribution is 0.102. The van der Waals surface area contributed by atoms with Crippen LogP contribution >= 0.6 is 11.3 Å². The monoisotopic (exact) mass is 383 g/mol. The Bertz CT molecular complexity index is 816. The van der Waals surface area contributed by atoms with E-state index in [1.165, 1.54) is 0 Å². The quantitative estimate of drug-likeness (QED) is 0.526. The summed E-state index contributed by atoms with van der Waals surface area (Å²) in [7, 11) is 0.119. The molecule has 2 N–H and O–H groups in total. The molecule has 1 aromatic heterocycles. The molecule has 25 heavy (non-hydrogen) atoms. The molecule has 0 aliphatic heterocycles. The maximum absolute atomic E-state index is 12.2. The van der Waals surface area contributed by atoms with Crippen molar-refractivity contribution in [1.82, 2.24) is 19.8 Å². The molecule has 8 nitrogen and oxygen atoms in total. The summed E-state index contributed by atoms with van der Waals surface area (Å²) in [5, 5.41) is 10.1. The molecule has 2 rings (SSSR count). The molecule has 0 saturated carbocycles. The van der Waals surface area contributed by atoms with Crippen LogP contribution in [0.25, 0.3) is 0 Å². The molecule has 10 heteroatoms. The normalized spacial score (nSPS) is 11.7. The molecule has 0 aliphatic rings. The molecule has 0 saturated heterocycles. The van der Waals surface area contributed by atoms with Crippen LogP contribution in [0.2, 0.25) is 0 Å². The minimum absolute atomic E-state index is 0.138. The van der Waals surface area contributed by atoms with E-state index in [4.69, 9.17) is 0 Å². The second kappa shape index (κ2) is 8.48. The van der Waals surface area contributed by atoms with Crippen LogP contribution in [0, 0.1) is 6.92 Å². The summed E-state index contributed by atoms with van der Waals surface area (Å²) in [4.78, 5) is 14.1. The molecule has 0 fully saturated rings. The average Bonchev–Trinajstić information content (AvgIpc) is 3.01. The third-order valence-corrected chi connectivity index (χ3v) is 5.91. The topological polar surface area (TPSA) is 104 Å². The average molecular weight is 383 g/mol. The van der Waals surface area contributed by atoms with Gasteiger partial charge in [-0.3, -0.25) is 10.1 Å². The Morgan fingerprint density at radius 2 is 1.88 bits per heavy atom. The zero-order chi connectivity index (χ0) is 18.4. The number of hydrogen-bond acceptors (Lipinski definition) is 7. The molecule has 0 bridgehead atoms. The first-order chi connectivity index (χ1) is 11.8. The van der Waals surface area contributed by atoms with E-state index in [9.17, 15) is 13.2 Å². The number of anilines is 1. The lowest BCUT2D eigenvalue weighted by atomic mass is 10.1. The number of carbonyl (C=O) groups excluding carboxylic acids is 1. The van der Waals surface area contributed by atoms with Gasteiger partial charge in [0, 0.05) is 12.1 Å². The lowest BCUT2D eigenvalue weighted by Crippen LogP contribution is -2.27. The van der Waals surface area contributed by atoms with Gasteiger partial charge >= 0.3 is 0 Å². The van der Waals surface area contributed by atoms with Crippen molar-refractivity contribution in [3.8, 4) is 0 Å². The van der Waals surface area contributed by atoms with Crippen LogP contribution in [0.15, 0.2) is 28.6 Å². The number of aryl methyl sites for hydroxylation is 1. The van der Waals surface area contributed by atoms with Crippen LogP contribution in [0.5, 0.6) is 0 Å². The molecule has 136 valence electrons. The van der Waals surface area contributed by atoms with Gasteiger partial charge in [0.05, 0.1) is 0 Å². The van der Waals surface area contributed by atoms with Gasteiger partial charge in [0.25, 0.3) is 15.9 Å². The summed E-state index contributed by atoms with van der Waals surface area (Å²) in [6, 6.07) is 7.02. The zero-order valence-electron chi connectivity index (χ0n) is 14.3. The molecule has 0 spiro atoms. The van der Waals surface area contributed by atoms with Gasteiger partial charge in [-0.2, -0.15) is 0 Å². The maximum atomic E-state index is 12.2. The molecular weight excluding hydrogens is 362 g/mol. The highest BCUT2D eigenvalue weighted by Crippen LogP contribution is 2.20. The highest BCUT2D eigenvalue weighted by atomic mass is 32.2. The van der Waals surface area contributed by atoms with Crippen molar-refractivity contribution in [3.63, 3.8) is 0 Å². The minimum Gasteiger partial charge on any atom is -0.309 e. The van der Waals surface area contributed by atoms with E-state index in [0.29, 0.717) is 18.5 Å². The van der Waals surface area contributed by atoms with Crippen LogP contribution in [0.1, 0.15) is 22.3 Å². The van der Waals surface area contributed by atoms with Gasteiger partial charge < -0.3 is 4.90 Å². The third-order valence-electron chi connectivity index (χ3n) is 3.24. The Morgan fingerprint density at radius 1 is 1.20 bits per heavy atom. The summed E-state index contributed by atoms with van der Waals surface area (Å²) >= 11 is 0.815. The summed E-state index contributed by atoms with van der Waals surface area (Å²) in [5.74, 6) is -0.362. The summed E-state index contributed by atoms with van der Waals surface area (Å²) in [5.41, 5.74) is 1.51. The third kappa shape index (κ3) is 5.85. The molecule has 1 aromatic carbocycles. The number of aromatic nitrogens is 2. The van der Waals surface area contributed by atoms with Gasteiger partial charge in [-0.15, -0.1) is 10.2 Å². The zero-order valence-corrected chi connectivity index (χ0v) is 15.9. The first-order valence-corrected chi connectivity index (χ1v) is 9.94. The van der Waals surface area contributed by atoms with Gasteiger partial charge in [0.1, 0.15) is 0 Å². The second-order valence-electron chi connectivity index (χ2n) is 5.75. The highest BCUT2D eigenvalue weighted by Gasteiger charge is 2.20. The van der Waals surface area contributed by atoms with Crippen molar-refractivity contribution < 1.29 is 13.2 Å². The standard InChI is InChI=1S/C15H21N5O3S2/c1-11-5-7-12(8-6-11)13(21)17-14-18-19-15(24-14)25(22,23)16-9-4-10-20(2)3/h5-8,16H,4,9-10H2,1-3H3,(H,17,18,21). The van der Waals surface area contributed by atoms with Crippen molar-refractivity contribution in [1.29, 1.82) is 0 Å². The van der Waals surface area contributed by atoms with Gasteiger partial charge in [-0.25, -0.2) is 13.1 Å². The van der Waals surface area contributed by atoms with Crippen molar-refractivity contribution in [2.75, 3.05) is 32.5 Å². The summed E-state index contributed by atoms with van der Waals surface area (Å²) in [6.07, 6.45) is 0.683. The molecular formula is C15H21N5O3S2. The van der Waals surface area contributed by atoms with Crippen molar-refractivity contribution in [2.45, 2.75) is 17.7 Å². The predicted octanol–water partition coefficient (Wildman–Crippen LogP) is 1.33. The number of nitrogens with one attached hydrogen (secondary N) is 2. The number of sulfonamides is 1. The van der Waals surface area contributed by atoms with Crippen LogP contribution in [0.3, 0.4) is 0 Å². The van der Waals surface area contributed by atoms with Gasteiger partial charge in [0.2, 0.25) is 9.47 Å². The molecule has 0 unspecified atom stereocenters. The number of hydrogen-bond donors (Lipinski definition) is 2. The van der Waals surface area contributed by atoms with E-state index in [-0.39, 0.29) is 15.4 Å². The molecule has 1 heterocycles. The SMILES string of the molecule is Cc1ccc(C(=O)Nc2nnc(S(=O)(=O)NCCCN(C)C)s2)cc1. The Morgan fingerprint density at radius 3 is 2.52 bits per heavy atom. The molecule has 0 aliphatic carbocycles. The molecule has 1 amide bonds. The van der Waals surface area contributed by atoms with Crippen molar-refractivity contribution in [2.24, 2.45) is 0 Å². The number of carbonyl (C=O) groups is 1. The smallest absolute Gasteiger partial charge is 0.269 e. The number of nitrogens with zero attached hydrogens (tertiary/aromatic N) is 3. The summed E-state index contributed by atoms with van der Waals surface area (Å²) < 4.78 is 26.6. The fraction of sp³-hybridized carbons (Fsp3) is 0.400. The highest BCUT2D eigenvalue weighted by molar-refractivity contribution is 7.91. The maximum Gasteiger partial charge on any atom is 0.269 e. The molecule has 0 radical (unpaired) electrons.